The quantitative estimate of drug-likeness (QED) is 0.0309. The summed E-state index contributed by atoms with van der Waals surface area (Å²) >= 11 is 0. The largest absolute Gasteiger partial charge is 0.756 e. The molecule has 418 valence electrons. The van der Waals surface area contributed by atoms with Gasteiger partial charge < -0.3 is 51.5 Å². The average Bonchev–Trinajstić information content (AvgIpc) is 3.60. The Morgan fingerprint density at radius 2 is 1.44 bits per heavy atom. The second kappa shape index (κ2) is 29.5. The predicted octanol–water partition coefficient (Wildman–Crippen LogP) is 7.05. The summed E-state index contributed by atoms with van der Waals surface area (Å²) in [5.41, 5.74) is -1.67. The first-order chi connectivity index (χ1) is 34.2. The third-order valence-corrected chi connectivity index (χ3v) is 20.5. The molecule has 4 heterocycles. The van der Waals surface area contributed by atoms with Crippen LogP contribution in [0.5, 0.6) is 0 Å². The molecule has 0 bridgehead atoms. The topological polar surface area (TPSA) is 274 Å². The number of amides is 1. The second-order valence-corrected chi connectivity index (χ2v) is 28.4. The van der Waals surface area contributed by atoms with Gasteiger partial charge in [-0.3, -0.25) is 37.8 Å². The van der Waals surface area contributed by atoms with Gasteiger partial charge in [0.25, 0.3) is 13.4 Å². The minimum Gasteiger partial charge on any atom is -0.756 e. The third-order valence-electron chi connectivity index (χ3n) is 12.8. The summed E-state index contributed by atoms with van der Waals surface area (Å²) < 4.78 is 73.4. The predicted molar refractivity (Wildman–Crippen MR) is 271 cm³/mol. The minimum atomic E-state index is -5.45. The van der Waals surface area contributed by atoms with Crippen molar-refractivity contribution >= 4 is 42.8 Å². The number of fused-ring (bicyclic) bond motifs is 1. The molecule has 25 heteroatoms. The normalized spacial score (nSPS) is 25.2. The van der Waals surface area contributed by atoms with Gasteiger partial charge >= 0.3 is 34.8 Å². The lowest BCUT2D eigenvalue weighted by atomic mass is 10.0. The Labute approximate surface area is 434 Å². The molecule has 0 radical (unpaired) electrons. The Balaban J connectivity index is 0.000000704. The average molecular weight is 1090 g/mol. The summed E-state index contributed by atoms with van der Waals surface area (Å²) in [5.74, 6) is -2.16. The highest BCUT2D eigenvalue weighted by Gasteiger charge is 2.63. The number of unbranched alkanes of at least 4 members (excludes halogenated alkanes) is 4. The molecule has 1 amide bonds. The van der Waals surface area contributed by atoms with Gasteiger partial charge in [0.05, 0.1) is 70.6 Å². The molecule has 22 nitrogen and oxygen atoms in total. The molecule has 73 heavy (non-hydrogen) atoms. The van der Waals surface area contributed by atoms with Gasteiger partial charge in [-0.1, -0.05) is 94.9 Å². The third kappa shape index (κ3) is 19.2. The number of ether oxygens (including phenoxy) is 4. The number of aromatic nitrogens is 2. The summed E-state index contributed by atoms with van der Waals surface area (Å²) in [6.07, 6.45) is 3.43. The van der Waals surface area contributed by atoms with E-state index in [-0.39, 0.29) is 36.1 Å². The molecule has 3 saturated heterocycles. The van der Waals surface area contributed by atoms with E-state index in [0.717, 1.165) is 30.7 Å². The molecule has 3 fully saturated rings. The molecule has 10 atom stereocenters. The van der Waals surface area contributed by atoms with Gasteiger partial charge in [0, 0.05) is 49.5 Å². The molecule has 0 saturated carbocycles. The Kier molecular flexibility index (Phi) is 26.0. The van der Waals surface area contributed by atoms with Gasteiger partial charge in [-0.05, 0) is 25.7 Å². The van der Waals surface area contributed by atoms with Crippen LogP contribution in [0.25, 0.3) is 0 Å². The highest BCUT2D eigenvalue weighted by molar-refractivity contribution is 7.57. The van der Waals surface area contributed by atoms with Crippen LogP contribution in [0, 0.1) is 11.3 Å². The smallest absolute Gasteiger partial charge is 0.349 e. The molecule has 2 N–H and O–H groups in total. The number of quaternary nitrogens is 1. The van der Waals surface area contributed by atoms with Crippen molar-refractivity contribution in [3.05, 3.63) is 33.1 Å². The maximum absolute atomic E-state index is 13.5. The zero-order chi connectivity index (χ0) is 54.8. The lowest BCUT2D eigenvalue weighted by Crippen LogP contribution is -2.68. The maximum Gasteiger partial charge on any atom is 0.349 e. The summed E-state index contributed by atoms with van der Waals surface area (Å²) in [4.78, 5) is 76.3. The zero-order valence-corrected chi connectivity index (χ0v) is 48.3. The number of hydrogen-bond donors (Lipinski definition) is 2. The second-order valence-electron chi connectivity index (χ2n) is 20.9. The fourth-order valence-electron chi connectivity index (χ4n) is 9.59. The standard InChI is InChI=1S/C32H50N4O17P2Si.C16H36N/c1-18(37)34-21-15-22-23(17-46-56(52-22,31(4,5)6)32(7,8)9)50-29(21)51-55(42,43)53-54(44-14-10-12-33)45-16-24-26(47-19(2)38)27(48-20(3)39)28(49-24)36-13-11-25(40)35-30(36)41;1-5-9-13-17(14-10-6-2,15-11-7-3)16-12-8-4/h11,13,21-24,26-29H,10,14-17H2,1-9H3,(H,34,37)(H,42,43)(H,35,40,41);5-16H2,1-4H3/q;+1/p-1/t21-,22+,23-,24-,26-,27-,28-,29-,54?;/m1./s1. The van der Waals surface area contributed by atoms with Gasteiger partial charge in [0.15, 0.2) is 24.7 Å². The molecule has 0 aliphatic carbocycles. The molecule has 4 rings (SSSR count). The van der Waals surface area contributed by atoms with E-state index in [9.17, 15) is 33.4 Å². The fourth-order valence-corrected chi connectivity index (χ4v) is 16.8. The Morgan fingerprint density at radius 1 is 0.890 bits per heavy atom. The molecule has 3 aliphatic rings. The van der Waals surface area contributed by atoms with Gasteiger partial charge in [-0.15, -0.1) is 0 Å². The SMILES string of the molecule is CC(=O)N[C@@H]1C[C@@H]2O[Si](C(C)(C)C)(C(C)(C)C)OC[C@H]2O[C@@H]1OP(=O)([O-])OP(OCCC#N)OC[C@H]1O[C@@H](n2ccc(=O)[nH]c2=O)[C@H](OC(C)=O)[C@@H]1OC(C)=O.CCCC[N+](CCCC)(CCCC)CCCC. The molecule has 1 aromatic heterocycles. The molecule has 1 aromatic rings. The number of nitrogens with zero attached hydrogens (tertiary/aromatic N) is 3. The number of carbonyl (C=O) groups excluding carboxylic acids is 3. The van der Waals surface area contributed by atoms with Crippen LogP contribution < -0.4 is 21.5 Å². The van der Waals surface area contributed by atoms with E-state index < -0.39 is 110 Å². The lowest BCUT2D eigenvalue weighted by Gasteiger charge is -2.56. The van der Waals surface area contributed by atoms with Crippen LogP contribution in [0.2, 0.25) is 10.1 Å². The van der Waals surface area contributed by atoms with Crippen LogP contribution >= 0.6 is 16.4 Å². The zero-order valence-electron chi connectivity index (χ0n) is 45.5. The Morgan fingerprint density at radius 3 is 1.92 bits per heavy atom. The number of nitriles is 1. The van der Waals surface area contributed by atoms with E-state index in [2.05, 4.69) is 33.0 Å². The van der Waals surface area contributed by atoms with Crippen LogP contribution in [-0.2, 0) is 64.6 Å². The monoisotopic (exact) mass is 1090 g/mol. The van der Waals surface area contributed by atoms with Gasteiger partial charge in [-0.25, -0.2) is 9.11 Å². The van der Waals surface area contributed by atoms with Crippen LogP contribution in [0.3, 0.4) is 0 Å². The van der Waals surface area contributed by atoms with Crippen molar-refractivity contribution in [2.45, 2.75) is 213 Å². The highest BCUT2D eigenvalue weighted by Crippen LogP contribution is 2.58. The Bertz CT molecular complexity index is 2060. The van der Waals surface area contributed by atoms with E-state index in [4.69, 9.17) is 50.9 Å². The number of carbonyl (C=O) groups is 3. The summed E-state index contributed by atoms with van der Waals surface area (Å²) in [7, 11) is -11.3. The van der Waals surface area contributed by atoms with E-state index in [0.29, 0.717) is 0 Å². The molecular weight excluding hydrogens is 1010 g/mol. The summed E-state index contributed by atoms with van der Waals surface area (Å²) in [5, 5.41) is 11.0. The van der Waals surface area contributed by atoms with Crippen molar-refractivity contribution in [3.8, 4) is 6.07 Å². The first-order valence-electron chi connectivity index (χ1n) is 25.7. The van der Waals surface area contributed by atoms with E-state index >= 15 is 0 Å². The molecule has 0 spiro atoms. The van der Waals surface area contributed by atoms with Crippen molar-refractivity contribution in [3.63, 3.8) is 0 Å². The highest BCUT2D eigenvalue weighted by atomic mass is 31.3. The van der Waals surface area contributed by atoms with Crippen molar-refractivity contribution in [1.82, 2.24) is 14.9 Å². The number of rotatable bonds is 26. The number of hydrogen-bond acceptors (Lipinski definition) is 18. The van der Waals surface area contributed by atoms with Gasteiger partial charge in [0.2, 0.25) is 5.91 Å². The number of phosphoric ester groups is 1. The van der Waals surface area contributed by atoms with E-state index in [1.807, 2.05) is 52.6 Å². The van der Waals surface area contributed by atoms with Crippen molar-refractivity contribution < 1.29 is 74.0 Å². The number of aromatic amines is 1. The fraction of sp³-hybridized carbons (Fsp3) is 0.833. The van der Waals surface area contributed by atoms with Gasteiger partial charge in [0.1, 0.15) is 12.2 Å². The first kappa shape index (κ1) is 64.3. The molecular formula is C48H85N5O17P2Si. The number of phosphoric acid groups is 1. The number of nitrogens with one attached hydrogen (secondary N) is 2. The van der Waals surface area contributed by atoms with Crippen molar-refractivity contribution in [2.24, 2.45) is 0 Å². The van der Waals surface area contributed by atoms with E-state index in [1.165, 1.54) is 89.0 Å². The first-order valence-corrected chi connectivity index (χ1v) is 30.1. The Hall–Kier alpha value is -2.94. The van der Waals surface area contributed by atoms with Crippen molar-refractivity contribution in [1.29, 1.82) is 5.26 Å². The molecule has 2 unspecified atom stereocenters. The minimum absolute atomic E-state index is 0.0700. The van der Waals surface area contributed by atoms with Crippen molar-refractivity contribution in [2.75, 3.05) is 46.0 Å². The molecule has 0 aromatic carbocycles. The van der Waals surface area contributed by atoms with Crippen LogP contribution in [-0.4, -0.2) is 129 Å². The van der Waals surface area contributed by atoms with Crippen LogP contribution in [0.1, 0.15) is 160 Å². The number of esters is 2. The summed E-state index contributed by atoms with van der Waals surface area (Å²) in [6, 6.07) is 1.83. The van der Waals surface area contributed by atoms with E-state index in [1.54, 1.807) is 0 Å². The van der Waals surface area contributed by atoms with Crippen LogP contribution in [0.15, 0.2) is 21.9 Å². The van der Waals surface area contributed by atoms with Gasteiger partial charge in [-0.2, -0.15) is 5.26 Å². The maximum atomic E-state index is 13.5. The summed E-state index contributed by atoms with van der Waals surface area (Å²) in [6.45, 7) is 29.7. The number of H-pyrrole nitrogens is 1. The lowest BCUT2D eigenvalue weighted by molar-refractivity contribution is -0.929. The van der Waals surface area contributed by atoms with Crippen LogP contribution in [0.4, 0.5) is 0 Å². The molecule has 3 aliphatic heterocycles.